The van der Waals surface area contributed by atoms with Crippen molar-refractivity contribution in [3.05, 3.63) is 72.8 Å². The van der Waals surface area contributed by atoms with Gasteiger partial charge in [0.05, 0.1) is 35.5 Å². The summed E-state index contributed by atoms with van der Waals surface area (Å²) in [7, 11) is 0.254. The van der Waals surface area contributed by atoms with E-state index in [-0.39, 0.29) is 12.1 Å². The maximum Gasteiger partial charge on any atom is 0.137 e. The van der Waals surface area contributed by atoms with Crippen molar-refractivity contribution in [2.45, 2.75) is 52.1 Å². The summed E-state index contributed by atoms with van der Waals surface area (Å²) in [6.45, 7) is 0. The lowest BCUT2D eigenvalue weighted by atomic mass is 9.87. The molecule has 0 aromatic heterocycles. The van der Waals surface area contributed by atoms with Crippen molar-refractivity contribution in [3.63, 3.8) is 0 Å². The zero-order valence-corrected chi connectivity index (χ0v) is 20.9. The number of anilines is 2. The standard InChI is InChI=1S/C26H29N3O3S2/c1-27-34(31,19-16-14-18(32-2)15-17-19)28-20-8-7-11-23(26(20)30)29-21-9-3-5-12-24(21)33-25-13-6-4-10-22(25)29/h3-6,9-10,12-17,20,23,26,30H,7-8,11H2,1-2H3,(H,27,28,31). The van der Waals surface area contributed by atoms with Gasteiger partial charge in [0.25, 0.3) is 0 Å². The number of methoxy groups -OCH3 is 1. The Morgan fingerprint density at radius 3 is 2.21 bits per heavy atom. The number of rotatable bonds is 5. The normalized spacial score (nSPS) is 23.4. The van der Waals surface area contributed by atoms with E-state index in [2.05, 4.69) is 38.3 Å². The molecule has 8 heteroatoms. The molecule has 5 rings (SSSR count). The van der Waals surface area contributed by atoms with E-state index in [0.717, 1.165) is 30.6 Å². The Bertz CT molecular complexity index is 1240. The fourth-order valence-electron chi connectivity index (χ4n) is 4.85. The number of ether oxygens (including phenoxy) is 1. The maximum atomic E-state index is 13.8. The summed E-state index contributed by atoms with van der Waals surface area (Å²) in [5.41, 5.74) is 2.21. The molecule has 0 radical (unpaired) electrons. The van der Waals surface area contributed by atoms with Gasteiger partial charge in [-0.25, -0.2) is 13.3 Å². The topological polar surface area (TPSA) is 74.2 Å². The molecule has 4 atom stereocenters. The van der Waals surface area contributed by atoms with Crippen LogP contribution in [0.1, 0.15) is 19.3 Å². The average molecular weight is 496 g/mol. The van der Waals surface area contributed by atoms with E-state index in [1.165, 1.54) is 9.79 Å². The molecular weight excluding hydrogens is 466 g/mol. The molecule has 1 saturated carbocycles. The predicted octanol–water partition coefficient (Wildman–Crippen LogP) is 5.24. The van der Waals surface area contributed by atoms with Crippen molar-refractivity contribution in [3.8, 4) is 5.75 Å². The van der Waals surface area contributed by atoms with Crippen LogP contribution in [0, 0.1) is 0 Å². The third-order valence-electron chi connectivity index (χ3n) is 6.57. The van der Waals surface area contributed by atoms with Crippen LogP contribution in [-0.4, -0.2) is 41.7 Å². The Morgan fingerprint density at radius 1 is 1.00 bits per heavy atom. The smallest absolute Gasteiger partial charge is 0.137 e. The van der Waals surface area contributed by atoms with Crippen molar-refractivity contribution in [2.75, 3.05) is 19.1 Å². The quantitative estimate of drug-likeness (QED) is 0.506. The highest BCUT2D eigenvalue weighted by atomic mass is 32.2. The highest BCUT2D eigenvalue weighted by Crippen LogP contribution is 2.50. The third-order valence-corrected chi connectivity index (χ3v) is 9.75. The van der Waals surface area contributed by atoms with Gasteiger partial charge < -0.3 is 14.7 Å². The second-order valence-electron chi connectivity index (χ2n) is 8.50. The number of para-hydroxylation sites is 2. The van der Waals surface area contributed by atoms with Crippen LogP contribution in [0.2, 0.25) is 0 Å². The van der Waals surface area contributed by atoms with Gasteiger partial charge >= 0.3 is 0 Å². The minimum atomic E-state index is -2.90. The molecule has 3 aromatic carbocycles. The van der Waals surface area contributed by atoms with E-state index in [0.29, 0.717) is 10.6 Å². The Labute approximate surface area is 205 Å². The van der Waals surface area contributed by atoms with Crippen molar-refractivity contribution in [2.24, 2.45) is 4.36 Å². The molecular formula is C26H29N3O3S2. The fourth-order valence-corrected chi connectivity index (χ4v) is 7.55. The van der Waals surface area contributed by atoms with Crippen LogP contribution in [0.15, 0.2) is 91.8 Å². The Balaban J connectivity index is 1.47. The minimum absolute atomic E-state index is 0.147. The molecule has 1 fully saturated rings. The zero-order valence-electron chi connectivity index (χ0n) is 19.3. The largest absolute Gasteiger partial charge is 0.497 e. The Kier molecular flexibility index (Phi) is 6.57. The van der Waals surface area contributed by atoms with Crippen LogP contribution in [0.25, 0.3) is 0 Å². The fraction of sp³-hybridized carbons (Fsp3) is 0.308. The minimum Gasteiger partial charge on any atom is -0.497 e. The third kappa shape index (κ3) is 4.20. The molecule has 34 heavy (non-hydrogen) atoms. The molecule has 0 spiro atoms. The first-order valence-electron chi connectivity index (χ1n) is 11.4. The van der Waals surface area contributed by atoms with Crippen LogP contribution in [0.3, 0.4) is 0 Å². The SMILES string of the molecule is CN=S(=O)(NC1CCCC(N2c3ccccc3Sc3ccccc32)C1O)c1ccc(OC)cc1. The van der Waals surface area contributed by atoms with Crippen LogP contribution in [0.4, 0.5) is 11.4 Å². The number of nitrogens with zero attached hydrogens (tertiary/aromatic N) is 2. The summed E-state index contributed by atoms with van der Waals surface area (Å²) >= 11 is 1.76. The number of aliphatic hydroxyl groups is 1. The van der Waals surface area contributed by atoms with E-state index in [4.69, 9.17) is 4.74 Å². The lowest BCUT2D eigenvalue weighted by Crippen LogP contribution is -2.56. The molecule has 1 aliphatic heterocycles. The van der Waals surface area contributed by atoms with Crippen molar-refractivity contribution in [1.29, 1.82) is 0 Å². The van der Waals surface area contributed by atoms with E-state index in [1.54, 1.807) is 50.2 Å². The first-order valence-corrected chi connectivity index (χ1v) is 13.8. The van der Waals surface area contributed by atoms with Crippen LogP contribution >= 0.6 is 11.8 Å². The Hall–Kier alpha value is -2.52. The van der Waals surface area contributed by atoms with Gasteiger partial charge in [0.1, 0.15) is 15.7 Å². The van der Waals surface area contributed by atoms with Crippen molar-refractivity contribution >= 4 is 33.1 Å². The first kappa shape index (κ1) is 23.2. The summed E-state index contributed by atoms with van der Waals surface area (Å²) < 4.78 is 26.5. The lowest BCUT2D eigenvalue weighted by Gasteiger charge is -2.45. The Morgan fingerprint density at radius 2 is 1.62 bits per heavy atom. The number of fused-ring (bicyclic) bond motifs is 2. The van der Waals surface area contributed by atoms with E-state index in [9.17, 15) is 9.32 Å². The summed E-state index contributed by atoms with van der Waals surface area (Å²) in [6, 6.07) is 23.2. The lowest BCUT2D eigenvalue weighted by molar-refractivity contribution is 0.0813. The van der Waals surface area contributed by atoms with Crippen molar-refractivity contribution < 1.29 is 14.1 Å². The molecule has 6 nitrogen and oxygen atoms in total. The van der Waals surface area contributed by atoms with Crippen molar-refractivity contribution in [1.82, 2.24) is 4.72 Å². The molecule has 178 valence electrons. The molecule has 1 aliphatic carbocycles. The van der Waals surface area contributed by atoms with Gasteiger partial charge in [-0.15, -0.1) is 0 Å². The number of hydrogen-bond acceptors (Lipinski definition) is 6. The van der Waals surface area contributed by atoms with E-state index < -0.39 is 16.0 Å². The highest BCUT2D eigenvalue weighted by Gasteiger charge is 2.40. The molecule has 0 amide bonds. The van der Waals surface area contributed by atoms with Crippen LogP contribution in [0.5, 0.6) is 5.75 Å². The molecule has 3 aromatic rings. The first-order chi connectivity index (χ1) is 16.5. The van der Waals surface area contributed by atoms with Gasteiger partial charge in [-0.1, -0.05) is 36.0 Å². The van der Waals surface area contributed by atoms with Gasteiger partial charge in [-0.2, -0.15) is 0 Å². The maximum absolute atomic E-state index is 13.8. The van der Waals surface area contributed by atoms with E-state index >= 15 is 0 Å². The molecule has 4 unspecified atom stereocenters. The van der Waals surface area contributed by atoms with Gasteiger partial charge in [-0.05, 0) is 67.8 Å². The number of aliphatic hydroxyl groups excluding tert-OH is 1. The van der Waals surface area contributed by atoms with E-state index in [1.807, 2.05) is 24.3 Å². The molecule has 1 heterocycles. The number of hydrogen-bond donors (Lipinski definition) is 2. The van der Waals surface area contributed by atoms with Crippen LogP contribution < -0.4 is 14.4 Å². The summed E-state index contributed by atoms with van der Waals surface area (Å²) in [6.07, 6.45) is 1.76. The van der Waals surface area contributed by atoms with Crippen LogP contribution in [-0.2, 0) is 9.92 Å². The van der Waals surface area contributed by atoms with Gasteiger partial charge in [0.15, 0.2) is 0 Å². The number of benzene rings is 3. The summed E-state index contributed by atoms with van der Waals surface area (Å²) in [5.74, 6) is 0.694. The monoisotopic (exact) mass is 495 g/mol. The molecule has 0 saturated heterocycles. The second-order valence-corrected chi connectivity index (χ2v) is 11.7. The summed E-state index contributed by atoms with van der Waals surface area (Å²) in [4.78, 5) is 5.20. The van der Waals surface area contributed by atoms with Gasteiger partial charge in [0.2, 0.25) is 0 Å². The van der Waals surface area contributed by atoms with Gasteiger partial charge in [0, 0.05) is 22.9 Å². The predicted molar refractivity (Wildman–Crippen MR) is 137 cm³/mol. The second kappa shape index (κ2) is 9.62. The highest BCUT2D eigenvalue weighted by molar-refractivity contribution is 7.99. The van der Waals surface area contributed by atoms with Gasteiger partial charge in [-0.3, -0.25) is 0 Å². The average Bonchev–Trinajstić information content (AvgIpc) is 2.88. The molecule has 2 aliphatic rings. The molecule has 2 N–H and O–H groups in total. The molecule has 0 bridgehead atoms. The summed E-state index contributed by atoms with van der Waals surface area (Å²) in [5, 5.41) is 11.6. The number of nitrogens with one attached hydrogen (secondary N) is 1. The zero-order chi connectivity index (χ0) is 23.7.